The van der Waals surface area contributed by atoms with E-state index in [0.717, 1.165) is 17.7 Å². The zero-order valence-electron chi connectivity index (χ0n) is 8.56. The Kier molecular flexibility index (Phi) is 4.75. The first-order valence-electron chi connectivity index (χ1n) is 5.07. The maximum atomic E-state index is 9.27. The average Bonchev–Trinajstić information content (AvgIpc) is 2.20. The fourth-order valence-electron chi connectivity index (χ4n) is 1.20. The molecule has 1 aromatic rings. The summed E-state index contributed by atoms with van der Waals surface area (Å²) in [5.74, 6) is 0. The summed E-state index contributed by atoms with van der Waals surface area (Å²) in [6.45, 7) is 2.95. The maximum absolute atomic E-state index is 9.27. The summed E-state index contributed by atoms with van der Waals surface area (Å²) >= 11 is 0. The van der Waals surface area contributed by atoms with Gasteiger partial charge in [-0.15, -0.1) is 0 Å². The molecule has 0 aliphatic rings. The second-order valence-electron chi connectivity index (χ2n) is 3.23. The quantitative estimate of drug-likeness (QED) is 0.573. The lowest BCUT2D eigenvalue weighted by molar-refractivity contribution is 0.167. The number of aromatic nitrogens is 2. The molecular formula is C10H17N3O. The van der Waals surface area contributed by atoms with E-state index in [0.29, 0.717) is 5.49 Å². The van der Waals surface area contributed by atoms with Crippen molar-refractivity contribution in [2.45, 2.75) is 32.6 Å². The second-order valence-corrected chi connectivity index (χ2v) is 3.23. The minimum Gasteiger partial charge on any atom is -0.425 e. The topological polar surface area (TPSA) is 50.4 Å². The fraction of sp³-hybridized carbons (Fsp3) is 0.600. The van der Waals surface area contributed by atoms with Gasteiger partial charge in [-0.3, -0.25) is 4.99 Å². The van der Waals surface area contributed by atoms with Crippen molar-refractivity contribution in [1.29, 1.82) is 0 Å². The molecule has 1 rings (SSSR count). The van der Waals surface area contributed by atoms with Crippen molar-refractivity contribution >= 4 is 0 Å². The van der Waals surface area contributed by atoms with Gasteiger partial charge >= 0.3 is 0 Å². The number of hydrogen-bond acceptors (Lipinski definition) is 3. The highest BCUT2D eigenvalue weighted by Crippen LogP contribution is 1.97. The third kappa shape index (κ3) is 3.60. The summed E-state index contributed by atoms with van der Waals surface area (Å²) in [7, 11) is 0. The Morgan fingerprint density at radius 3 is 3.00 bits per heavy atom. The van der Waals surface area contributed by atoms with E-state index in [4.69, 9.17) is 0 Å². The SMILES string of the molecule is CCCCCCN=c1ccncn1O. The van der Waals surface area contributed by atoms with Crippen molar-refractivity contribution in [3.05, 3.63) is 24.1 Å². The summed E-state index contributed by atoms with van der Waals surface area (Å²) < 4.78 is 0.944. The molecule has 0 radical (unpaired) electrons. The molecule has 0 fully saturated rings. The van der Waals surface area contributed by atoms with Gasteiger partial charge in [-0.2, -0.15) is 4.73 Å². The lowest BCUT2D eigenvalue weighted by atomic mass is 10.2. The molecule has 78 valence electrons. The number of unbranched alkanes of at least 4 members (excludes halogenated alkanes) is 3. The number of nitrogens with zero attached hydrogens (tertiary/aromatic N) is 3. The average molecular weight is 195 g/mol. The second kappa shape index (κ2) is 6.18. The van der Waals surface area contributed by atoms with Gasteiger partial charge in [-0.1, -0.05) is 26.2 Å². The van der Waals surface area contributed by atoms with Crippen molar-refractivity contribution in [2.75, 3.05) is 6.54 Å². The van der Waals surface area contributed by atoms with Crippen LogP contribution in [0.1, 0.15) is 32.6 Å². The molecule has 0 spiro atoms. The molecule has 0 atom stereocenters. The van der Waals surface area contributed by atoms with Gasteiger partial charge in [0.05, 0.1) is 0 Å². The summed E-state index contributed by atoms with van der Waals surface area (Å²) in [4.78, 5) is 8.01. The molecule has 0 unspecified atom stereocenters. The van der Waals surface area contributed by atoms with Crippen LogP contribution in [0, 0.1) is 0 Å². The Bertz CT molecular complexity index is 319. The molecule has 14 heavy (non-hydrogen) atoms. The van der Waals surface area contributed by atoms with Crippen LogP contribution < -0.4 is 5.49 Å². The van der Waals surface area contributed by atoms with E-state index in [1.165, 1.54) is 25.6 Å². The first-order chi connectivity index (χ1) is 6.84. The third-order valence-electron chi connectivity index (χ3n) is 2.01. The highest BCUT2D eigenvalue weighted by molar-refractivity contribution is 4.78. The van der Waals surface area contributed by atoms with Crippen LogP contribution in [0.3, 0.4) is 0 Å². The molecule has 4 nitrogen and oxygen atoms in total. The number of hydrogen-bond donors (Lipinski definition) is 1. The van der Waals surface area contributed by atoms with Crippen molar-refractivity contribution in [3.63, 3.8) is 0 Å². The predicted octanol–water partition coefficient (Wildman–Crippen LogP) is 1.60. The van der Waals surface area contributed by atoms with Crippen LogP contribution in [0.25, 0.3) is 0 Å². The van der Waals surface area contributed by atoms with E-state index in [2.05, 4.69) is 16.9 Å². The van der Waals surface area contributed by atoms with Gasteiger partial charge in [-0.25, -0.2) is 4.98 Å². The molecule has 0 aliphatic carbocycles. The maximum Gasteiger partial charge on any atom is 0.166 e. The molecule has 0 saturated carbocycles. The zero-order chi connectivity index (χ0) is 10.2. The van der Waals surface area contributed by atoms with Gasteiger partial charge in [0, 0.05) is 18.8 Å². The van der Waals surface area contributed by atoms with Crippen LogP contribution in [0.2, 0.25) is 0 Å². The number of rotatable bonds is 5. The molecule has 0 bridgehead atoms. The molecule has 1 aromatic heterocycles. The third-order valence-corrected chi connectivity index (χ3v) is 2.01. The Hall–Kier alpha value is -1.32. The molecule has 1 heterocycles. The normalized spacial score (nSPS) is 11.9. The van der Waals surface area contributed by atoms with E-state index >= 15 is 0 Å². The molecule has 0 amide bonds. The van der Waals surface area contributed by atoms with E-state index in [9.17, 15) is 5.21 Å². The molecule has 0 aromatic carbocycles. The molecular weight excluding hydrogens is 178 g/mol. The van der Waals surface area contributed by atoms with E-state index < -0.39 is 0 Å². The lowest BCUT2D eigenvalue weighted by Crippen LogP contribution is -2.18. The van der Waals surface area contributed by atoms with Crippen molar-refractivity contribution in [3.8, 4) is 0 Å². The monoisotopic (exact) mass is 195 g/mol. The van der Waals surface area contributed by atoms with Gasteiger partial charge < -0.3 is 5.21 Å². The van der Waals surface area contributed by atoms with Crippen LogP contribution in [0.4, 0.5) is 0 Å². The summed E-state index contributed by atoms with van der Waals surface area (Å²) in [5, 5.41) is 9.27. The first kappa shape index (κ1) is 10.8. The van der Waals surface area contributed by atoms with E-state index in [1.807, 2.05) is 0 Å². The van der Waals surface area contributed by atoms with Crippen LogP contribution >= 0.6 is 0 Å². The Labute approximate surface area is 83.9 Å². The first-order valence-corrected chi connectivity index (χ1v) is 5.07. The smallest absolute Gasteiger partial charge is 0.166 e. The van der Waals surface area contributed by atoms with Gasteiger partial charge in [0.1, 0.15) is 6.33 Å². The van der Waals surface area contributed by atoms with Gasteiger partial charge in [0.2, 0.25) is 0 Å². The van der Waals surface area contributed by atoms with Crippen LogP contribution in [0.5, 0.6) is 0 Å². The minimum absolute atomic E-state index is 0.566. The Morgan fingerprint density at radius 1 is 1.43 bits per heavy atom. The van der Waals surface area contributed by atoms with E-state index in [-0.39, 0.29) is 0 Å². The summed E-state index contributed by atoms with van der Waals surface area (Å²) in [6, 6.07) is 1.69. The Morgan fingerprint density at radius 2 is 2.29 bits per heavy atom. The largest absolute Gasteiger partial charge is 0.425 e. The molecule has 4 heteroatoms. The van der Waals surface area contributed by atoms with Gasteiger partial charge in [-0.05, 0) is 6.42 Å². The van der Waals surface area contributed by atoms with Crippen molar-refractivity contribution < 1.29 is 5.21 Å². The van der Waals surface area contributed by atoms with Crippen molar-refractivity contribution in [1.82, 2.24) is 9.71 Å². The van der Waals surface area contributed by atoms with E-state index in [1.54, 1.807) is 12.3 Å². The standard InChI is InChI=1S/C10H17N3O/c1-2-3-4-5-7-12-10-6-8-11-9-13(10)14/h6,8-9,14H,2-5,7H2,1H3. The zero-order valence-corrected chi connectivity index (χ0v) is 8.56. The molecule has 0 aliphatic heterocycles. The molecule has 1 N–H and O–H groups in total. The van der Waals surface area contributed by atoms with Gasteiger partial charge in [0.25, 0.3) is 0 Å². The van der Waals surface area contributed by atoms with Crippen LogP contribution in [-0.2, 0) is 0 Å². The lowest BCUT2D eigenvalue weighted by Gasteiger charge is -1.97. The fourth-order valence-corrected chi connectivity index (χ4v) is 1.20. The summed E-state index contributed by atoms with van der Waals surface area (Å²) in [5.41, 5.74) is 0.566. The molecule has 0 saturated heterocycles. The summed E-state index contributed by atoms with van der Waals surface area (Å²) in [6.07, 6.45) is 7.73. The minimum atomic E-state index is 0.566. The van der Waals surface area contributed by atoms with Crippen LogP contribution in [-0.4, -0.2) is 21.5 Å². The highest BCUT2D eigenvalue weighted by Gasteiger charge is 1.88. The van der Waals surface area contributed by atoms with Gasteiger partial charge in [0.15, 0.2) is 5.49 Å². The van der Waals surface area contributed by atoms with Crippen LogP contribution in [0.15, 0.2) is 23.6 Å². The van der Waals surface area contributed by atoms with Crippen molar-refractivity contribution in [2.24, 2.45) is 4.99 Å². The highest BCUT2D eigenvalue weighted by atomic mass is 16.5. The Balaban J connectivity index is 2.41. The predicted molar refractivity (Wildman–Crippen MR) is 54.0 cm³/mol.